The van der Waals surface area contributed by atoms with Crippen LogP contribution in [-0.2, 0) is 9.53 Å². The fourth-order valence-electron chi connectivity index (χ4n) is 1.42. The molecule has 1 atom stereocenters. The monoisotopic (exact) mass is 239 g/mol. The number of hydrogen-bond donors (Lipinski definition) is 1. The molecule has 1 rings (SSSR count). The van der Waals surface area contributed by atoms with Crippen LogP contribution >= 0.6 is 11.8 Å². The second-order valence-corrected chi connectivity index (χ2v) is 4.58. The van der Waals surface area contributed by atoms with Gasteiger partial charge in [0.2, 0.25) is 0 Å². The largest absolute Gasteiger partial charge is 0.468 e. The van der Waals surface area contributed by atoms with E-state index >= 15 is 0 Å². The van der Waals surface area contributed by atoms with E-state index in [0.29, 0.717) is 5.75 Å². The Morgan fingerprint density at radius 1 is 1.50 bits per heavy atom. The third-order valence-electron chi connectivity index (χ3n) is 2.33. The van der Waals surface area contributed by atoms with Gasteiger partial charge in [0.25, 0.3) is 0 Å². The molecule has 0 radical (unpaired) electrons. The third kappa shape index (κ3) is 3.87. The number of carbonyl (C=O) groups excluding carboxylic acids is 1. The van der Waals surface area contributed by atoms with E-state index in [4.69, 9.17) is 5.73 Å². The van der Waals surface area contributed by atoms with Gasteiger partial charge >= 0.3 is 5.97 Å². The Kier molecular flexibility index (Phi) is 5.35. The highest BCUT2D eigenvalue weighted by Gasteiger charge is 2.09. The van der Waals surface area contributed by atoms with E-state index in [9.17, 15) is 4.79 Å². The fourth-order valence-corrected chi connectivity index (χ4v) is 2.26. The molecule has 16 heavy (non-hydrogen) atoms. The van der Waals surface area contributed by atoms with Crippen molar-refractivity contribution >= 4 is 17.7 Å². The predicted octanol–water partition coefficient (Wildman–Crippen LogP) is 1.90. The average Bonchev–Trinajstić information content (AvgIpc) is 2.29. The van der Waals surface area contributed by atoms with Crippen molar-refractivity contribution in [1.29, 1.82) is 0 Å². The van der Waals surface area contributed by atoms with Gasteiger partial charge in [-0.2, -0.15) is 0 Å². The Bertz CT molecular complexity index is 355. The minimum absolute atomic E-state index is 0.0316. The number of esters is 1. The van der Waals surface area contributed by atoms with Crippen molar-refractivity contribution in [2.24, 2.45) is 5.73 Å². The van der Waals surface area contributed by atoms with Crippen molar-refractivity contribution in [1.82, 2.24) is 0 Å². The Hall–Kier alpha value is -1.00. The number of nitrogens with two attached hydrogens (primary N) is 1. The summed E-state index contributed by atoms with van der Waals surface area (Å²) in [5.74, 6) is 0.873. The van der Waals surface area contributed by atoms with Crippen LogP contribution in [0.1, 0.15) is 17.2 Å². The molecule has 88 valence electrons. The molecule has 0 aliphatic carbocycles. The summed E-state index contributed by atoms with van der Waals surface area (Å²) in [4.78, 5) is 10.9. The van der Waals surface area contributed by atoms with Gasteiger partial charge in [-0.3, -0.25) is 4.79 Å². The molecule has 0 heterocycles. The number of carbonyl (C=O) groups is 1. The van der Waals surface area contributed by atoms with Gasteiger partial charge in [0.15, 0.2) is 0 Å². The van der Waals surface area contributed by atoms with E-state index in [1.807, 2.05) is 31.2 Å². The van der Waals surface area contributed by atoms with Gasteiger partial charge in [0.1, 0.15) is 0 Å². The summed E-state index contributed by atoms with van der Waals surface area (Å²) >= 11 is 1.50. The van der Waals surface area contributed by atoms with E-state index in [1.165, 1.54) is 24.4 Å². The van der Waals surface area contributed by atoms with Crippen molar-refractivity contribution in [3.05, 3.63) is 35.4 Å². The lowest BCUT2D eigenvalue weighted by molar-refractivity contribution is -0.137. The van der Waals surface area contributed by atoms with Crippen molar-refractivity contribution in [3.8, 4) is 0 Å². The minimum atomic E-state index is -0.206. The zero-order valence-corrected chi connectivity index (χ0v) is 10.4. The van der Waals surface area contributed by atoms with Crippen LogP contribution in [0.5, 0.6) is 0 Å². The van der Waals surface area contributed by atoms with Crippen molar-refractivity contribution < 1.29 is 9.53 Å². The zero-order chi connectivity index (χ0) is 12.0. The fraction of sp³-hybridized carbons (Fsp3) is 0.417. The molecule has 0 amide bonds. The molecule has 2 N–H and O–H groups in total. The summed E-state index contributed by atoms with van der Waals surface area (Å²) in [7, 11) is 1.39. The molecule has 0 saturated heterocycles. The lowest BCUT2D eigenvalue weighted by Crippen LogP contribution is -2.15. The third-order valence-corrected chi connectivity index (χ3v) is 3.37. The Morgan fingerprint density at radius 3 is 2.81 bits per heavy atom. The van der Waals surface area contributed by atoms with Gasteiger partial charge in [-0.15, -0.1) is 11.8 Å². The Labute approximate surface area is 100 Å². The molecule has 3 nitrogen and oxygen atoms in total. The average molecular weight is 239 g/mol. The molecular formula is C12H17NO2S. The maximum atomic E-state index is 10.9. The first-order valence-electron chi connectivity index (χ1n) is 5.11. The normalized spacial score (nSPS) is 12.2. The van der Waals surface area contributed by atoms with Crippen molar-refractivity contribution in [2.75, 3.05) is 18.6 Å². The molecule has 1 aromatic carbocycles. The second kappa shape index (κ2) is 6.55. The van der Waals surface area contributed by atoms with Crippen molar-refractivity contribution in [2.45, 2.75) is 13.0 Å². The van der Waals surface area contributed by atoms with Crippen LogP contribution in [0, 0.1) is 6.92 Å². The van der Waals surface area contributed by atoms with Gasteiger partial charge in [0.05, 0.1) is 12.9 Å². The molecule has 0 bridgehead atoms. The summed E-state index contributed by atoms with van der Waals surface area (Å²) < 4.78 is 4.56. The maximum Gasteiger partial charge on any atom is 0.315 e. The number of aryl methyl sites for hydroxylation is 1. The first-order chi connectivity index (χ1) is 7.65. The summed E-state index contributed by atoms with van der Waals surface area (Å²) in [6.07, 6.45) is 0. The van der Waals surface area contributed by atoms with Crippen LogP contribution in [0.4, 0.5) is 0 Å². The number of thioether (sulfide) groups is 1. The lowest BCUT2D eigenvalue weighted by Gasteiger charge is -2.13. The van der Waals surface area contributed by atoms with Crippen LogP contribution in [0.2, 0.25) is 0 Å². The summed E-state index contributed by atoms with van der Waals surface area (Å²) in [5, 5.41) is 0. The Balaban J connectivity index is 2.44. The topological polar surface area (TPSA) is 52.3 Å². The van der Waals surface area contributed by atoms with E-state index in [1.54, 1.807) is 0 Å². The van der Waals surface area contributed by atoms with Crippen LogP contribution in [0.15, 0.2) is 24.3 Å². The molecule has 0 aliphatic heterocycles. The SMILES string of the molecule is COC(=O)CSCC(N)c1ccccc1C. The van der Waals surface area contributed by atoms with E-state index in [2.05, 4.69) is 4.74 Å². The highest BCUT2D eigenvalue weighted by molar-refractivity contribution is 7.99. The lowest BCUT2D eigenvalue weighted by atomic mass is 10.0. The quantitative estimate of drug-likeness (QED) is 0.797. The smallest absolute Gasteiger partial charge is 0.315 e. The Morgan fingerprint density at radius 2 is 2.19 bits per heavy atom. The summed E-state index contributed by atoms with van der Waals surface area (Å²) in [6.45, 7) is 2.04. The number of hydrogen-bond acceptors (Lipinski definition) is 4. The first-order valence-corrected chi connectivity index (χ1v) is 6.26. The highest BCUT2D eigenvalue weighted by Crippen LogP contribution is 2.19. The molecule has 1 unspecified atom stereocenters. The second-order valence-electron chi connectivity index (χ2n) is 3.55. The van der Waals surface area contributed by atoms with Gasteiger partial charge in [-0.05, 0) is 18.1 Å². The molecule has 0 fully saturated rings. The van der Waals surface area contributed by atoms with Gasteiger partial charge < -0.3 is 10.5 Å². The van der Waals surface area contributed by atoms with E-state index < -0.39 is 0 Å². The molecule has 0 saturated carbocycles. The molecule has 0 spiro atoms. The van der Waals surface area contributed by atoms with Gasteiger partial charge in [-0.1, -0.05) is 24.3 Å². The molecule has 0 aromatic heterocycles. The van der Waals surface area contributed by atoms with Crippen LogP contribution < -0.4 is 5.73 Å². The standard InChI is InChI=1S/C12H17NO2S/c1-9-5-3-4-6-10(9)11(13)7-16-8-12(14)15-2/h3-6,11H,7-8,13H2,1-2H3. The van der Waals surface area contributed by atoms with E-state index in [0.717, 1.165) is 11.3 Å². The first kappa shape index (κ1) is 13.1. The van der Waals surface area contributed by atoms with Crippen LogP contribution in [-0.4, -0.2) is 24.6 Å². The van der Waals surface area contributed by atoms with E-state index in [-0.39, 0.29) is 12.0 Å². The number of rotatable bonds is 5. The molecule has 4 heteroatoms. The molecule has 1 aromatic rings. The molecular weight excluding hydrogens is 222 g/mol. The van der Waals surface area contributed by atoms with Crippen LogP contribution in [0.25, 0.3) is 0 Å². The maximum absolute atomic E-state index is 10.9. The van der Waals surface area contributed by atoms with Gasteiger partial charge in [-0.25, -0.2) is 0 Å². The predicted molar refractivity (Wildman–Crippen MR) is 67.4 cm³/mol. The summed E-state index contributed by atoms with van der Waals surface area (Å²) in [6, 6.07) is 8.01. The highest BCUT2D eigenvalue weighted by atomic mass is 32.2. The zero-order valence-electron chi connectivity index (χ0n) is 9.60. The minimum Gasteiger partial charge on any atom is -0.468 e. The number of ether oxygens (including phenoxy) is 1. The van der Waals surface area contributed by atoms with Crippen molar-refractivity contribution in [3.63, 3.8) is 0 Å². The summed E-state index contributed by atoms with van der Waals surface area (Å²) in [5.41, 5.74) is 8.38. The number of benzene rings is 1. The molecule has 0 aliphatic rings. The van der Waals surface area contributed by atoms with Gasteiger partial charge in [0, 0.05) is 11.8 Å². The number of methoxy groups -OCH3 is 1. The van der Waals surface area contributed by atoms with Crippen LogP contribution in [0.3, 0.4) is 0 Å².